The molecule has 0 heterocycles. The quantitative estimate of drug-likeness (QED) is 0.695. The molecular weight excluding hydrogens is 198 g/mol. The van der Waals surface area contributed by atoms with Gasteiger partial charge in [-0.2, -0.15) is 0 Å². The van der Waals surface area contributed by atoms with Gasteiger partial charge in [0.25, 0.3) is 0 Å². The van der Waals surface area contributed by atoms with Crippen molar-refractivity contribution in [3.8, 4) is 0 Å². The minimum absolute atomic E-state index is 0.210. The molecule has 2 unspecified atom stereocenters. The fourth-order valence-corrected chi connectivity index (χ4v) is 2.39. The minimum atomic E-state index is -0.997. The lowest BCUT2D eigenvalue weighted by atomic mass is 10.2. The van der Waals surface area contributed by atoms with Crippen LogP contribution in [0.5, 0.6) is 0 Å². The minimum Gasteiger partial charge on any atom is -0.598 e. The van der Waals surface area contributed by atoms with E-state index in [1.807, 2.05) is 27.7 Å². The molecule has 1 saturated carbocycles. The van der Waals surface area contributed by atoms with Crippen molar-refractivity contribution in [2.75, 3.05) is 6.61 Å². The molecule has 1 fully saturated rings. The van der Waals surface area contributed by atoms with Crippen molar-refractivity contribution >= 4 is 11.4 Å². The predicted molar refractivity (Wildman–Crippen MR) is 59.2 cm³/mol. The molecule has 0 aromatic rings. The van der Waals surface area contributed by atoms with Crippen molar-refractivity contribution in [2.24, 2.45) is 11.8 Å². The molecular formula is C10H21NO2S. The monoisotopic (exact) mass is 219 g/mol. The first kappa shape index (κ1) is 12.3. The van der Waals surface area contributed by atoms with Crippen molar-refractivity contribution in [2.45, 2.75) is 44.9 Å². The Balaban J connectivity index is 2.31. The molecule has 0 aromatic heterocycles. The lowest BCUT2D eigenvalue weighted by Crippen LogP contribution is -2.44. The van der Waals surface area contributed by atoms with Crippen LogP contribution >= 0.6 is 0 Å². The molecule has 84 valence electrons. The van der Waals surface area contributed by atoms with Gasteiger partial charge >= 0.3 is 0 Å². The van der Waals surface area contributed by atoms with Crippen LogP contribution in [0.1, 0.15) is 34.1 Å². The molecule has 0 saturated heterocycles. The Hall–Kier alpha value is 0.230. The summed E-state index contributed by atoms with van der Waals surface area (Å²) < 4.78 is 14.6. The Labute approximate surface area is 89.6 Å². The Bertz CT molecular complexity index is 193. The Morgan fingerprint density at radius 2 is 2.14 bits per heavy atom. The van der Waals surface area contributed by atoms with Crippen LogP contribution in [0.2, 0.25) is 0 Å². The number of rotatable bonds is 4. The van der Waals surface area contributed by atoms with Crippen LogP contribution < -0.4 is 4.72 Å². The molecule has 0 spiro atoms. The summed E-state index contributed by atoms with van der Waals surface area (Å²) in [4.78, 5) is 0. The van der Waals surface area contributed by atoms with Gasteiger partial charge < -0.3 is 9.66 Å². The molecule has 0 amide bonds. The summed E-state index contributed by atoms with van der Waals surface area (Å²) in [7, 11) is 0. The molecule has 4 atom stereocenters. The molecule has 1 rings (SSSR count). The highest BCUT2D eigenvalue weighted by Gasteiger charge is 2.43. The molecule has 4 heteroatoms. The summed E-state index contributed by atoms with van der Waals surface area (Å²) in [6.45, 7) is 8.18. The lowest BCUT2D eigenvalue weighted by Gasteiger charge is -2.26. The number of hydrogen-bond acceptors (Lipinski definition) is 3. The highest BCUT2D eigenvalue weighted by atomic mass is 32.2. The van der Waals surface area contributed by atoms with Gasteiger partial charge in [0.1, 0.15) is 4.75 Å². The van der Waals surface area contributed by atoms with E-state index in [1.54, 1.807) is 0 Å². The van der Waals surface area contributed by atoms with Crippen molar-refractivity contribution < 1.29 is 9.66 Å². The van der Waals surface area contributed by atoms with Crippen molar-refractivity contribution in [1.82, 2.24) is 4.72 Å². The van der Waals surface area contributed by atoms with E-state index in [1.165, 1.54) is 0 Å². The summed E-state index contributed by atoms with van der Waals surface area (Å²) in [6, 6.07) is 0.243. The highest BCUT2D eigenvalue weighted by Crippen LogP contribution is 2.41. The normalized spacial score (nSPS) is 31.3. The second-order valence-corrected chi connectivity index (χ2v) is 7.13. The van der Waals surface area contributed by atoms with Crippen LogP contribution in [0.4, 0.5) is 0 Å². The molecule has 3 nitrogen and oxygen atoms in total. The summed E-state index contributed by atoms with van der Waals surface area (Å²) in [5.74, 6) is 0.931. The molecule has 1 aliphatic rings. The average Bonchev–Trinajstić information content (AvgIpc) is 2.80. The van der Waals surface area contributed by atoms with Crippen LogP contribution in [-0.2, 0) is 11.4 Å². The van der Waals surface area contributed by atoms with Crippen LogP contribution in [0.3, 0.4) is 0 Å². The van der Waals surface area contributed by atoms with Crippen LogP contribution in [-0.4, -0.2) is 27.1 Å². The first-order valence-corrected chi connectivity index (χ1v) is 6.30. The van der Waals surface area contributed by atoms with E-state index in [9.17, 15) is 4.55 Å². The van der Waals surface area contributed by atoms with Gasteiger partial charge in [0.05, 0.1) is 6.04 Å². The first-order chi connectivity index (χ1) is 6.36. The standard InChI is InChI=1S/C10H21NO2S/c1-7(9-5-8(9)6-12)11-14(13)10(2,3)4/h7-9,11-12H,5-6H2,1-4H3/t7?,8-,9-,14?/m0/s1. The van der Waals surface area contributed by atoms with E-state index in [0.717, 1.165) is 6.42 Å². The third-order valence-corrected chi connectivity index (χ3v) is 4.40. The predicted octanol–water partition coefficient (Wildman–Crippen LogP) is 1.06. The van der Waals surface area contributed by atoms with Gasteiger partial charge in [0.2, 0.25) is 0 Å². The maximum absolute atomic E-state index is 11.7. The van der Waals surface area contributed by atoms with Crippen molar-refractivity contribution in [1.29, 1.82) is 0 Å². The van der Waals surface area contributed by atoms with Gasteiger partial charge in [-0.3, -0.25) is 0 Å². The van der Waals surface area contributed by atoms with E-state index in [4.69, 9.17) is 5.11 Å². The van der Waals surface area contributed by atoms with Crippen molar-refractivity contribution in [3.63, 3.8) is 0 Å². The van der Waals surface area contributed by atoms with Gasteiger partial charge in [-0.15, -0.1) is 4.72 Å². The first-order valence-electron chi connectivity index (χ1n) is 5.15. The topological polar surface area (TPSA) is 55.3 Å². The van der Waals surface area contributed by atoms with E-state index < -0.39 is 11.4 Å². The van der Waals surface area contributed by atoms with Crippen LogP contribution in [0.25, 0.3) is 0 Å². The van der Waals surface area contributed by atoms with Gasteiger partial charge in [0, 0.05) is 18.0 Å². The Morgan fingerprint density at radius 3 is 2.50 bits per heavy atom. The van der Waals surface area contributed by atoms with E-state index in [2.05, 4.69) is 4.72 Å². The Morgan fingerprint density at radius 1 is 1.57 bits per heavy atom. The van der Waals surface area contributed by atoms with E-state index in [-0.39, 0.29) is 17.4 Å². The SMILES string of the molecule is CC(N[S+]([O-])C(C)(C)C)[C@@H]1C[C@H]1CO. The zero-order valence-corrected chi connectivity index (χ0v) is 10.2. The Kier molecular flexibility index (Phi) is 3.86. The molecule has 1 aliphatic carbocycles. The van der Waals surface area contributed by atoms with Gasteiger partial charge in [-0.05, 0) is 46.0 Å². The summed E-state index contributed by atoms with van der Waals surface area (Å²) in [5, 5.41) is 8.92. The maximum Gasteiger partial charge on any atom is 0.136 e. The average molecular weight is 219 g/mol. The lowest BCUT2D eigenvalue weighted by molar-refractivity contribution is 0.264. The number of aliphatic hydroxyl groups excluding tert-OH is 1. The smallest absolute Gasteiger partial charge is 0.136 e. The van der Waals surface area contributed by atoms with Gasteiger partial charge in [-0.25, -0.2) is 0 Å². The summed E-state index contributed by atoms with van der Waals surface area (Å²) in [6.07, 6.45) is 1.06. The molecule has 14 heavy (non-hydrogen) atoms. The zero-order chi connectivity index (χ0) is 10.9. The largest absolute Gasteiger partial charge is 0.598 e. The third-order valence-electron chi connectivity index (χ3n) is 2.70. The van der Waals surface area contributed by atoms with Gasteiger partial charge in [0.15, 0.2) is 0 Å². The second-order valence-electron chi connectivity index (χ2n) is 5.13. The number of aliphatic hydroxyl groups is 1. The molecule has 0 aliphatic heterocycles. The summed E-state index contributed by atoms with van der Waals surface area (Å²) >= 11 is -0.997. The van der Waals surface area contributed by atoms with Crippen LogP contribution in [0.15, 0.2) is 0 Å². The third kappa shape index (κ3) is 3.12. The van der Waals surface area contributed by atoms with E-state index >= 15 is 0 Å². The maximum atomic E-state index is 11.7. The molecule has 0 bridgehead atoms. The highest BCUT2D eigenvalue weighted by molar-refractivity contribution is 7.90. The zero-order valence-electron chi connectivity index (χ0n) is 9.41. The second kappa shape index (κ2) is 4.39. The fraction of sp³-hybridized carbons (Fsp3) is 1.00. The fourth-order valence-electron chi connectivity index (χ4n) is 1.53. The van der Waals surface area contributed by atoms with E-state index in [0.29, 0.717) is 11.8 Å². The number of hydrogen-bond donors (Lipinski definition) is 2. The van der Waals surface area contributed by atoms with Crippen molar-refractivity contribution in [3.05, 3.63) is 0 Å². The van der Waals surface area contributed by atoms with Gasteiger partial charge in [-0.1, -0.05) is 0 Å². The molecule has 0 radical (unpaired) electrons. The molecule has 0 aromatic carbocycles. The van der Waals surface area contributed by atoms with Crippen LogP contribution in [0, 0.1) is 11.8 Å². The number of nitrogens with one attached hydrogen (secondary N) is 1. The summed E-state index contributed by atoms with van der Waals surface area (Å²) in [5.41, 5.74) is 0. The molecule has 2 N–H and O–H groups in total.